The summed E-state index contributed by atoms with van der Waals surface area (Å²) in [6.07, 6.45) is 0. The molecule has 18 heavy (non-hydrogen) atoms. The van der Waals surface area contributed by atoms with Crippen LogP contribution in [0.2, 0.25) is 0 Å². The summed E-state index contributed by atoms with van der Waals surface area (Å²) in [5.41, 5.74) is 6.25. The quantitative estimate of drug-likeness (QED) is 0.601. The van der Waals surface area contributed by atoms with E-state index in [1.165, 1.54) is 0 Å². The second-order valence-corrected chi connectivity index (χ2v) is 4.09. The number of carbonyl (C=O) groups excluding carboxylic acids is 2. The van der Waals surface area contributed by atoms with Crippen LogP contribution in [-0.4, -0.2) is 30.9 Å². The highest BCUT2D eigenvalue weighted by Crippen LogP contribution is 2.16. The number of ketones is 1. The number of carbonyl (C=O) groups is 2. The van der Waals surface area contributed by atoms with Crippen molar-refractivity contribution in [3.05, 3.63) is 35.9 Å². The molecule has 1 saturated heterocycles. The van der Waals surface area contributed by atoms with Crippen LogP contribution in [0.25, 0.3) is 0 Å². The van der Waals surface area contributed by atoms with Gasteiger partial charge in [-0.05, 0) is 6.92 Å². The minimum Gasteiger partial charge on any atom is -0.465 e. The van der Waals surface area contributed by atoms with Gasteiger partial charge in [0.2, 0.25) is 0 Å². The van der Waals surface area contributed by atoms with Crippen LogP contribution >= 0.6 is 0 Å². The van der Waals surface area contributed by atoms with Crippen LogP contribution in [0.5, 0.6) is 0 Å². The molecule has 0 radical (unpaired) electrons. The Morgan fingerprint density at radius 2 is 2.06 bits per heavy atom. The molecule has 0 saturated carbocycles. The van der Waals surface area contributed by atoms with E-state index in [9.17, 15) is 9.59 Å². The largest absolute Gasteiger partial charge is 0.465 e. The molecule has 0 spiro atoms. The lowest BCUT2D eigenvalue weighted by atomic mass is 9.92. The predicted molar refractivity (Wildman–Crippen MR) is 65.8 cm³/mol. The number of rotatable bonds is 4. The van der Waals surface area contributed by atoms with E-state index in [1.54, 1.807) is 19.1 Å². The molecule has 2 N–H and O–H groups in total. The summed E-state index contributed by atoms with van der Waals surface area (Å²) >= 11 is 0. The number of hydrogen-bond acceptors (Lipinski definition) is 5. The van der Waals surface area contributed by atoms with Crippen LogP contribution in [-0.2, 0) is 9.53 Å². The van der Waals surface area contributed by atoms with Crippen molar-refractivity contribution in [3.63, 3.8) is 0 Å². The summed E-state index contributed by atoms with van der Waals surface area (Å²) < 4.78 is 4.95. The first kappa shape index (κ1) is 12.7. The SMILES string of the molecule is CCOC(=O)C1NNCC1C(=O)c1ccccc1. The minimum atomic E-state index is -0.613. The Kier molecular flexibility index (Phi) is 4.07. The molecule has 1 heterocycles. The summed E-state index contributed by atoms with van der Waals surface area (Å²) in [6.45, 7) is 2.48. The molecule has 0 amide bonds. The Morgan fingerprint density at radius 1 is 1.33 bits per heavy atom. The first-order valence-corrected chi connectivity index (χ1v) is 5.98. The van der Waals surface area contributed by atoms with Gasteiger partial charge in [-0.25, -0.2) is 5.43 Å². The van der Waals surface area contributed by atoms with Crippen molar-refractivity contribution in [2.45, 2.75) is 13.0 Å². The van der Waals surface area contributed by atoms with Gasteiger partial charge in [0.25, 0.3) is 0 Å². The fourth-order valence-electron chi connectivity index (χ4n) is 2.01. The monoisotopic (exact) mass is 248 g/mol. The molecule has 2 rings (SSSR count). The van der Waals surface area contributed by atoms with Crippen molar-refractivity contribution in [1.82, 2.24) is 10.9 Å². The average Bonchev–Trinajstić information content (AvgIpc) is 2.88. The Labute approximate surface area is 105 Å². The minimum absolute atomic E-state index is 0.0499. The Balaban J connectivity index is 2.12. The molecule has 2 unspecified atom stereocenters. The zero-order valence-electron chi connectivity index (χ0n) is 10.2. The van der Waals surface area contributed by atoms with Crippen molar-refractivity contribution in [1.29, 1.82) is 0 Å². The smallest absolute Gasteiger partial charge is 0.325 e. The molecular weight excluding hydrogens is 232 g/mol. The van der Waals surface area contributed by atoms with Gasteiger partial charge >= 0.3 is 5.97 Å². The zero-order chi connectivity index (χ0) is 13.0. The van der Waals surface area contributed by atoms with Gasteiger partial charge in [-0.15, -0.1) is 0 Å². The van der Waals surface area contributed by atoms with Gasteiger partial charge in [-0.1, -0.05) is 30.3 Å². The summed E-state index contributed by atoms with van der Waals surface area (Å²) in [7, 11) is 0. The van der Waals surface area contributed by atoms with Crippen molar-refractivity contribution in [2.24, 2.45) is 5.92 Å². The number of hydrazine groups is 1. The third-order valence-electron chi connectivity index (χ3n) is 2.92. The molecule has 1 aliphatic rings. The summed E-state index contributed by atoms with van der Waals surface area (Å²) in [6, 6.07) is 8.36. The lowest BCUT2D eigenvalue weighted by Gasteiger charge is -2.15. The van der Waals surface area contributed by atoms with Gasteiger partial charge < -0.3 is 4.74 Å². The van der Waals surface area contributed by atoms with Gasteiger partial charge in [0.05, 0.1) is 12.5 Å². The van der Waals surface area contributed by atoms with Gasteiger partial charge in [0, 0.05) is 12.1 Å². The van der Waals surface area contributed by atoms with Gasteiger partial charge in [-0.2, -0.15) is 0 Å². The molecular formula is C13H16N2O3. The highest BCUT2D eigenvalue weighted by Gasteiger charge is 2.38. The topological polar surface area (TPSA) is 67.4 Å². The lowest BCUT2D eigenvalue weighted by molar-refractivity contribution is -0.146. The van der Waals surface area contributed by atoms with Crippen LogP contribution in [0.3, 0.4) is 0 Å². The molecule has 1 aromatic carbocycles. The average molecular weight is 248 g/mol. The molecule has 5 heteroatoms. The first-order valence-electron chi connectivity index (χ1n) is 5.98. The molecule has 1 aromatic rings. The van der Waals surface area contributed by atoms with Gasteiger partial charge in [0.15, 0.2) is 5.78 Å². The van der Waals surface area contributed by atoms with Crippen molar-refractivity contribution in [2.75, 3.05) is 13.2 Å². The molecule has 0 aromatic heterocycles. The highest BCUT2D eigenvalue weighted by atomic mass is 16.5. The Bertz CT molecular complexity index is 433. The summed E-state index contributed by atoms with van der Waals surface area (Å²) in [5, 5.41) is 0. The van der Waals surface area contributed by atoms with Crippen LogP contribution in [0, 0.1) is 5.92 Å². The first-order chi connectivity index (χ1) is 8.74. The fraction of sp³-hybridized carbons (Fsp3) is 0.385. The van der Waals surface area contributed by atoms with E-state index in [1.807, 2.05) is 18.2 Å². The van der Waals surface area contributed by atoms with E-state index in [2.05, 4.69) is 10.9 Å². The molecule has 5 nitrogen and oxygen atoms in total. The van der Waals surface area contributed by atoms with Crippen LogP contribution in [0.1, 0.15) is 17.3 Å². The molecule has 96 valence electrons. The number of benzene rings is 1. The van der Waals surface area contributed by atoms with Crippen LogP contribution < -0.4 is 10.9 Å². The second-order valence-electron chi connectivity index (χ2n) is 4.09. The van der Waals surface area contributed by atoms with E-state index in [0.29, 0.717) is 18.7 Å². The van der Waals surface area contributed by atoms with E-state index >= 15 is 0 Å². The van der Waals surface area contributed by atoms with Gasteiger partial charge in [0.1, 0.15) is 6.04 Å². The highest BCUT2D eigenvalue weighted by molar-refractivity contribution is 6.01. The Hall–Kier alpha value is -1.72. The molecule has 0 aliphatic carbocycles. The van der Waals surface area contributed by atoms with Crippen LogP contribution in [0.4, 0.5) is 0 Å². The van der Waals surface area contributed by atoms with Crippen LogP contribution in [0.15, 0.2) is 30.3 Å². The molecule has 2 atom stereocenters. The van der Waals surface area contributed by atoms with E-state index in [-0.39, 0.29) is 5.78 Å². The summed E-state index contributed by atoms with van der Waals surface area (Å²) in [5.74, 6) is -0.866. The zero-order valence-corrected chi connectivity index (χ0v) is 10.2. The third-order valence-corrected chi connectivity index (χ3v) is 2.92. The van der Waals surface area contributed by atoms with Crippen molar-refractivity contribution in [3.8, 4) is 0 Å². The fourth-order valence-corrected chi connectivity index (χ4v) is 2.01. The van der Waals surface area contributed by atoms with Crippen molar-refractivity contribution < 1.29 is 14.3 Å². The standard InChI is InChI=1S/C13H16N2O3/c1-2-18-13(17)11-10(8-14-15-11)12(16)9-6-4-3-5-7-9/h3-7,10-11,14-15H,2,8H2,1H3. The van der Waals surface area contributed by atoms with E-state index in [4.69, 9.17) is 4.74 Å². The number of esters is 1. The second kappa shape index (κ2) is 5.75. The maximum absolute atomic E-state index is 12.3. The van der Waals surface area contributed by atoms with E-state index < -0.39 is 17.9 Å². The predicted octanol–water partition coefficient (Wildman–Crippen LogP) is 0.525. The summed E-state index contributed by atoms with van der Waals surface area (Å²) in [4.78, 5) is 24.0. The van der Waals surface area contributed by atoms with Gasteiger partial charge in [-0.3, -0.25) is 15.0 Å². The maximum atomic E-state index is 12.3. The van der Waals surface area contributed by atoms with Crippen molar-refractivity contribution >= 4 is 11.8 Å². The maximum Gasteiger partial charge on any atom is 0.325 e. The number of ether oxygens (including phenoxy) is 1. The number of Topliss-reactive ketones (excluding diaryl/α,β-unsaturated/α-hetero) is 1. The molecule has 0 bridgehead atoms. The van der Waals surface area contributed by atoms with E-state index in [0.717, 1.165) is 0 Å². The lowest BCUT2D eigenvalue weighted by Crippen LogP contribution is -2.42. The third kappa shape index (κ3) is 2.57. The normalized spacial score (nSPS) is 22.7. The number of hydrogen-bond donors (Lipinski definition) is 2. The molecule has 1 fully saturated rings. The number of nitrogens with one attached hydrogen (secondary N) is 2. The molecule has 1 aliphatic heterocycles. The Morgan fingerprint density at radius 3 is 2.72 bits per heavy atom.